The Morgan fingerprint density at radius 2 is 1.18 bits per heavy atom. The van der Waals surface area contributed by atoms with Gasteiger partial charge in [-0.3, -0.25) is 15.0 Å². The third-order valence-electron chi connectivity index (χ3n) is 5.63. The predicted molar refractivity (Wildman–Crippen MR) is 131 cm³/mol. The Bertz CT molecular complexity index is 843. The predicted octanol–water partition coefficient (Wildman–Crippen LogP) is 1.84. The van der Waals surface area contributed by atoms with Gasteiger partial charge in [0, 0.05) is 13.6 Å². The molecule has 9 nitrogen and oxygen atoms in total. The Morgan fingerprint density at radius 1 is 0.706 bits per heavy atom. The van der Waals surface area contributed by atoms with Gasteiger partial charge in [0.2, 0.25) is 0 Å². The molecule has 2 rings (SSSR count). The zero-order valence-corrected chi connectivity index (χ0v) is 22.7. The number of hydrogen-bond acceptors (Lipinski definition) is 6. The van der Waals surface area contributed by atoms with Gasteiger partial charge in [-0.05, 0) is 36.3 Å². The molecule has 0 N–H and O–H groups in total. The molecule has 34 heavy (non-hydrogen) atoms. The van der Waals surface area contributed by atoms with Crippen LogP contribution in [-0.4, -0.2) is 53.8 Å². The Hall–Kier alpha value is -2.36. The summed E-state index contributed by atoms with van der Waals surface area (Å²) in [6, 6.07) is 18.8. The van der Waals surface area contributed by atoms with Gasteiger partial charge in [0.05, 0.1) is 41.0 Å². The van der Waals surface area contributed by atoms with Crippen molar-refractivity contribution in [3.8, 4) is 0 Å². The summed E-state index contributed by atoms with van der Waals surface area (Å²) in [6.45, 7) is 5.10. The Balaban J connectivity index is 0.00000578. The van der Waals surface area contributed by atoms with Crippen LogP contribution in [0.5, 0.6) is 0 Å². The zero-order chi connectivity index (χ0) is 24.1. The maximum atomic E-state index is 12.0. The third kappa shape index (κ3) is 10.3. The number of likely N-dealkylation sites (N-methyl/N-ethyl adjacent to an activating group) is 1. The monoisotopic (exact) mass is 477 g/mol. The minimum absolute atomic E-state index is 0. The average Bonchev–Trinajstić information content (AvgIpc) is 2.83. The molecule has 2 atom stereocenters. The van der Waals surface area contributed by atoms with Crippen molar-refractivity contribution in [1.29, 1.82) is 0 Å². The van der Waals surface area contributed by atoms with Gasteiger partial charge in [-0.25, -0.2) is 0 Å². The Morgan fingerprint density at radius 3 is 1.59 bits per heavy atom. The maximum absolute atomic E-state index is 12.0. The summed E-state index contributed by atoms with van der Waals surface area (Å²) in [4.78, 5) is 34.8. The maximum Gasteiger partial charge on any atom is 1.00 e. The number of nitroso groups, excluding NO2 is 3. The quantitative estimate of drug-likeness (QED) is 0.208. The summed E-state index contributed by atoms with van der Waals surface area (Å²) in [5.74, 6) is 0.407. The van der Waals surface area contributed by atoms with Crippen molar-refractivity contribution in [1.82, 2.24) is 15.0 Å². The molecule has 2 aromatic rings. The minimum atomic E-state index is -0.399. The fourth-order valence-electron chi connectivity index (χ4n) is 3.78. The zero-order valence-electron chi connectivity index (χ0n) is 20.7. The summed E-state index contributed by atoms with van der Waals surface area (Å²) in [7, 11) is 1.57. The normalized spacial score (nSPS) is 12.2. The van der Waals surface area contributed by atoms with Crippen molar-refractivity contribution >= 4 is 0 Å². The molecule has 0 amide bonds. The second-order valence-electron chi connectivity index (χ2n) is 8.74. The second-order valence-corrected chi connectivity index (χ2v) is 8.74. The molecule has 0 bridgehead atoms. The smallest absolute Gasteiger partial charge is 0.262 e. The molecule has 0 fully saturated rings. The van der Waals surface area contributed by atoms with Crippen LogP contribution in [-0.2, 0) is 12.8 Å². The first-order valence-corrected chi connectivity index (χ1v) is 11.3. The molecule has 0 unspecified atom stereocenters. The molecule has 0 aromatic heterocycles. The van der Waals surface area contributed by atoms with Gasteiger partial charge in [-0.2, -0.15) is 0 Å². The first kappa shape index (κ1) is 29.7. The van der Waals surface area contributed by atoms with Gasteiger partial charge in [0.15, 0.2) is 0 Å². The summed E-state index contributed by atoms with van der Waals surface area (Å²) in [6.07, 6.45) is 1.85. The molecular weight excluding hydrogens is 443 g/mol. The van der Waals surface area contributed by atoms with Crippen molar-refractivity contribution in [3.05, 3.63) is 86.5 Å². The van der Waals surface area contributed by atoms with Crippen LogP contribution in [0.3, 0.4) is 0 Å². The van der Waals surface area contributed by atoms with Crippen molar-refractivity contribution in [2.75, 3.05) is 26.7 Å². The first-order chi connectivity index (χ1) is 16.0. The number of hydrogen-bond donors (Lipinski definition) is 0. The van der Waals surface area contributed by atoms with Gasteiger partial charge in [-0.15, -0.1) is 14.7 Å². The van der Waals surface area contributed by atoms with E-state index in [1.807, 2.05) is 60.7 Å². The van der Waals surface area contributed by atoms with E-state index >= 15 is 0 Å². The van der Waals surface area contributed by atoms with Crippen LogP contribution >= 0.6 is 0 Å². The van der Waals surface area contributed by atoms with E-state index in [2.05, 4.69) is 29.7 Å². The molecule has 0 heterocycles. The van der Waals surface area contributed by atoms with E-state index in [0.717, 1.165) is 17.5 Å². The molecule has 10 heteroatoms. The summed E-state index contributed by atoms with van der Waals surface area (Å²) >= 11 is 0. The van der Waals surface area contributed by atoms with Crippen molar-refractivity contribution in [3.63, 3.8) is 0 Å². The van der Waals surface area contributed by atoms with Crippen molar-refractivity contribution < 1.29 is 29.6 Å². The molecule has 178 valence electrons. The van der Waals surface area contributed by atoms with Crippen LogP contribution < -0.4 is 29.6 Å². The standard InChI is InChI=1S/C24H34N6O3.Na/c1-20(2)14-15-29(26-32)24(17-22-12-8-5-9-13-22)19-30(27-33)23(18-28(3)25-31)16-21-10-6-4-7-11-21;/h4-13,20,23-24H,14-19H2,1-3H3;/q;+1/t23-,24-;/m0./s1. The second kappa shape index (κ2) is 16.3. The van der Waals surface area contributed by atoms with E-state index in [4.69, 9.17) is 0 Å². The van der Waals surface area contributed by atoms with Gasteiger partial charge >= 0.3 is 29.6 Å². The molecular formula is C24H34N6NaO3+. The molecule has 0 aliphatic rings. The molecule has 0 saturated heterocycles. The van der Waals surface area contributed by atoms with Gasteiger partial charge in [-0.1, -0.05) is 74.5 Å². The molecule has 0 saturated carbocycles. The summed E-state index contributed by atoms with van der Waals surface area (Å²) in [5.41, 5.74) is 2.05. The van der Waals surface area contributed by atoms with Crippen LogP contribution in [0.4, 0.5) is 0 Å². The van der Waals surface area contributed by atoms with Crippen molar-refractivity contribution in [2.45, 2.75) is 45.2 Å². The summed E-state index contributed by atoms with van der Waals surface area (Å²) in [5, 5.41) is 13.8. The topological polar surface area (TPSA) is 98.0 Å². The van der Waals surface area contributed by atoms with Crippen LogP contribution in [0.15, 0.2) is 76.5 Å². The largest absolute Gasteiger partial charge is 1.00 e. The minimum Gasteiger partial charge on any atom is -0.262 e. The van der Waals surface area contributed by atoms with E-state index in [9.17, 15) is 14.7 Å². The molecule has 0 spiro atoms. The fraction of sp³-hybridized carbons (Fsp3) is 0.500. The van der Waals surface area contributed by atoms with Crippen LogP contribution in [0.2, 0.25) is 0 Å². The van der Waals surface area contributed by atoms with E-state index in [0.29, 0.717) is 25.3 Å². The third-order valence-corrected chi connectivity index (χ3v) is 5.63. The number of benzene rings is 2. The first-order valence-electron chi connectivity index (χ1n) is 11.3. The van der Waals surface area contributed by atoms with Crippen molar-refractivity contribution in [2.24, 2.45) is 21.8 Å². The number of nitrogens with zero attached hydrogens (tertiary/aromatic N) is 6. The number of rotatable bonds is 16. The SMILES string of the molecule is CC(C)CCN(N=O)[C@@H](Cc1ccccc1)CN(N=O)[C@@H](Cc1ccccc1)CN(C)N=O.[Na+]. The fourth-order valence-corrected chi connectivity index (χ4v) is 3.78. The molecule has 2 aromatic carbocycles. The Labute approximate surface area is 224 Å². The van der Waals surface area contributed by atoms with E-state index in [1.165, 1.54) is 15.0 Å². The van der Waals surface area contributed by atoms with Gasteiger partial charge < -0.3 is 0 Å². The van der Waals surface area contributed by atoms with E-state index in [1.54, 1.807) is 7.05 Å². The van der Waals surface area contributed by atoms with Gasteiger partial charge in [0.1, 0.15) is 0 Å². The molecule has 0 radical (unpaired) electrons. The van der Waals surface area contributed by atoms with Crippen LogP contribution in [0.1, 0.15) is 31.4 Å². The van der Waals surface area contributed by atoms with Crippen LogP contribution in [0, 0.1) is 20.6 Å². The van der Waals surface area contributed by atoms with Crippen LogP contribution in [0.25, 0.3) is 0 Å². The molecule has 0 aliphatic heterocycles. The molecule has 0 aliphatic carbocycles. The van der Waals surface area contributed by atoms with E-state index < -0.39 is 6.04 Å². The summed E-state index contributed by atoms with van der Waals surface area (Å²) < 4.78 is 0. The average molecular weight is 478 g/mol. The Kier molecular flexibility index (Phi) is 14.2. The van der Waals surface area contributed by atoms with E-state index in [-0.39, 0.29) is 48.7 Å². The van der Waals surface area contributed by atoms with Gasteiger partial charge in [0.25, 0.3) is 0 Å².